The standard InChI is InChI=1S/C25H44O3/c1-17(2)23(28)11-10-18(3)25(6)13-12-20(24(25,4)5)9-7-8-19-14-21(26)16-22(27)15-19/h7-9,17-18,20-23,26-28H,10-16H2,1-6H3/b9-7+,19-8?/t18-,20?,21?,22?,23-,25-/m0/s1. The average molecular weight is 393 g/mol. The molecule has 0 heterocycles. The second-order valence-electron chi connectivity index (χ2n) is 10.7. The highest BCUT2D eigenvalue weighted by Crippen LogP contribution is 2.60. The van der Waals surface area contributed by atoms with Gasteiger partial charge >= 0.3 is 0 Å². The molecule has 2 aliphatic rings. The summed E-state index contributed by atoms with van der Waals surface area (Å²) in [5.41, 5.74) is 1.62. The van der Waals surface area contributed by atoms with Gasteiger partial charge in [-0.2, -0.15) is 0 Å². The molecule has 3 nitrogen and oxygen atoms in total. The number of allylic oxidation sites excluding steroid dienone is 3. The van der Waals surface area contributed by atoms with E-state index in [4.69, 9.17) is 0 Å². The van der Waals surface area contributed by atoms with Crippen molar-refractivity contribution in [2.24, 2.45) is 28.6 Å². The molecular weight excluding hydrogens is 348 g/mol. The van der Waals surface area contributed by atoms with E-state index in [0.29, 0.717) is 37.0 Å². The van der Waals surface area contributed by atoms with Crippen LogP contribution in [0.3, 0.4) is 0 Å². The molecule has 3 heteroatoms. The predicted octanol–water partition coefficient (Wildman–Crippen LogP) is 5.25. The zero-order valence-electron chi connectivity index (χ0n) is 19.0. The summed E-state index contributed by atoms with van der Waals surface area (Å²) in [5.74, 6) is 1.44. The van der Waals surface area contributed by atoms with E-state index < -0.39 is 12.2 Å². The molecule has 2 saturated carbocycles. The van der Waals surface area contributed by atoms with Crippen molar-refractivity contribution in [2.75, 3.05) is 0 Å². The average Bonchev–Trinajstić information content (AvgIpc) is 2.82. The van der Waals surface area contributed by atoms with Crippen LogP contribution < -0.4 is 0 Å². The van der Waals surface area contributed by atoms with E-state index >= 15 is 0 Å². The highest BCUT2D eigenvalue weighted by molar-refractivity contribution is 5.19. The van der Waals surface area contributed by atoms with Gasteiger partial charge in [0.25, 0.3) is 0 Å². The molecule has 0 aliphatic heterocycles. The molecule has 3 unspecified atom stereocenters. The molecule has 0 bridgehead atoms. The first kappa shape index (κ1) is 23.6. The summed E-state index contributed by atoms with van der Waals surface area (Å²) in [6.45, 7) is 13.8. The van der Waals surface area contributed by atoms with Crippen LogP contribution in [0.5, 0.6) is 0 Å². The van der Waals surface area contributed by atoms with Crippen molar-refractivity contribution in [3.63, 3.8) is 0 Å². The first-order valence-electron chi connectivity index (χ1n) is 11.4. The van der Waals surface area contributed by atoms with Crippen LogP contribution in [0.1, 0.15) is 86.5 Å². The van der Waals surface area contributed by atoms with Crippen LogP contribution >= 0.6 is 0 Å². The lowest BCUT2D eigenvalue weighted by atomic mass is 9.59. The predicted molar refractivity (Wildman–Crippen MR) is 117 cm³/mol. The third-order valence-electron chi connectivity index (χ3n) is 8.34. The van der Waals surface area contributed by atoms with Crippen molar-refractivity contribution in [2.45, 2.75) is 105 Å². The lowest BCUT2D eigenvalue weighted by Crippen LogP contribution is -2.39. The first-order valence-corrected chi connectivity index (χ1v) is 11.4. The van der Waals surface area contributed by atoms with Gasteiger partial charge in [0.15, 0.2) is 0 Å². The van der Waals surface area contributed by atoms with Gasteiger partial charge in [0.1, 0.15) is 0 Å². The fourth-order valence-corrected chi connectivity index (χ4v) is 5.48. The Morgan fingerprint density at radius 3 is 2.21 bits per heavy atom. The summed E-state index contributed by atoms with van der Waals surface area (Å²) >= 11 is 0. The first-order chi connectivity index (χ1) is 13.0. The Morgan fingerprint density at radius 2 is 1.64 bits per heavy atom. The van der Waals surface area contributed by atoms with Crippen molar-refractivity contribution in [3.8, 4) is 0 Å². The molecule has 0 amide bonds. The number of rotatable bonds is 7. The van der Waals surface area contributed by atoms with E-state index in [0.717, 1.165) is 18.4 Å². The van der Waals surface area contributed by atoms with E-state index in [1.807, 2.05) is 0 Å². The van der Waals surface area contributed by atoms with Crippen LogP contribution in [0.4, 0.5) is 0 Å². The van der Waals surface area contributed by atoms with Gasteiger partial charge in [-0.3, -0.25) is 0 Å². The SMILES string of the molecule is CC(C)[C@@H](O)CC[C@H](C)[C@]1(C)CCC(/C=C/C=C2CC(O)CC(O)C2)C1(C)C. The Morgan fingerprint density at radius 1 is 1.04 bits per heavy atom. The summed E-state index contributed by atoms with van der Waals surface area (Å²) in [6.07, 6.45) is 11.9. The molecule has 162 valence electrons. The van der Waals surface area contributed by atoms with Crippen LogP contribution in [0, 0.1) is 28.6 Å². The fraction of sp³-hybridized carbons (Fsp3) is 0.840. The van der Waals surface area contributed by atoms with Gasteiger partial charge < -0.3 is 15.3 Å². The number of hydrogen-bond donors (Lipinski definition) is 3. The van der Waals surface area contributed by atoms with Crippen LogP contribution in [0.15, 0.2) is 23.8 Å². The zero-order valence-corrected chi connectivity index (χ0v) is 19.0. The Balaban J connectivity index is 2.01. The molecule has 0 aromatic carbocycles. The monoisotopic (exact) mass is 392 g/mol. The lowest BCUT2D eigenvalue weighted by molar-refractivity contribution is 0.0277. The number of aliphatic hydroxyl groups excluding tert-OH is 3. The maximum absolute atomic E-state index is 10.2. The molecule has 0 saturated heterocycles. The second-order valence-corrected chi connectivity index (χ2v) is 10.7. The Bertz CT molecular complexity index is 550. The maximum atomic E-state index is 10.2. The number of aliphatic hydroxyl groups is 3. The van der Waals surface area contributed by atoms with E-state index in [1.54, 1.807) is 0 Å². The molecule has 0 aromatic heterocycles. The molecular formula is C25H44O3. The highest BCUT2D eigenvalue weighted by atomic mass is 16.3. The van der Waals surface area contributed by atoms with Crippen molar-refractivity contribution in [1.82, 2.24) is 0 Å². The maximum Gasteiger partial charge on any atom is 0.0602 e. The fourth-order valence-electron chi connectivity index (χ4n) is 5.48. The van der Waals surface area contributed by atoms with E-state index in [9.17, 15) is 15.3 Å². The van der Waals surface area contributed by atoms with Crippen molar-refractivity contribution >= 4 is 0 Å². The van der Waals surface area contributed by atoms with Gasteiger partial charge in [-0.1, -0.05) is 65.3 Å². The minimum Gasteiger partial charge on any atom is -0.393 e. The minimum atomic E-state index is -0.406. The summed E-state index contributed by atoms with van der Waals surface area (Å²) in [4.78, 5) is 0. The summed E-state index contributed by atoms with van der Waals surface area (Å²) in [7, 11) is 0. The van der Waals surface area contributed by atoms with Crippen LogP contribution in [-0.4, -0.2) is 33.6 Å². The molecule has 0 spiro atoms. The van der Waals surface area contributed by atoms with Crippen LogP contribution in [0.25, 0.3) is 0 Å². The summed E-state index contributed by atoms with van der Waals surface area (Å²) < 4.78 is 0. The lowest BCUT2D eigenvalue weighted by Gasteiger charge is -2.46. The molecule has 6 atom stereocenters. The Labute approximate surface area is 172 Å². The molecule has 3 N–H and O–H groups in total. The van der Waals surface area contributed by atoms with Gasteiger partial charge in [-0.15, -0.1) is 0 Å². The van der Waals surface area contributed by atoms with Crippen molar-refractivity contribution in [1.29, 1.82) is 0 Å². The highest BCUT2D eigenvalue weighted by Gasteiger charge is 2.52. The summed E-state index contributed by atoms with van der Waals surface area (Å²) in [5, 5.41) is 29.9. The third kappa shape index (κ3) is 5.29. The molecule has 2 fully saturated rings. The van der Waals surface area contributed by atoms with Crippen LogP contribution in [-0.2, 0) is 0 Å². The van der Waals surface area contributed by atoms with E-state index in [-0.39, 0.29) is 16.9 Å². The van der Waals surface area contributed by atoms with Crippen molar-refractivity contribution in [3.05, 3.63) is 23.8 Å². The van der Waals surface area contributed by atoms with Crippen molar-refractivity contribution < 1.29 is 15.3 Å². The topological polar surface area (TPSA) is 60.7 Å². The van der Waals surface area contributed by atoms with Gasteiger partial charge in [0, 0.05) is 0 Å². The molecule has 0 radical (unpaired) electrons. The van der Waals surface area contributed by atoms with Gasteiger partial charge in [0.2, 0.25) is 0 Å². The van der Waals surface area contributed by atoms with Gasteiger partial charge in [-0.25, -0.2) is 0 Å². The molecule has 28 heavy (non-hydrogen) atoms. The Kier molecular flexibility index (Phi) is 7.98. The van der Waals surface area contributed by atoms with Gasteiger partial charge in [0.05, 0.1) is 18.3 Å². The molecule has 2 rings (SSSR count). The van der Waals surface area contributed by atoms with E-state index in [1.165, 1.54) is 12.8 Å². The number of hydrogen-bond acceptors (Lipinski definition) is 3. The third-order valence-corrected chi connectivity index (χ3v) is 8.34. The molecule has 0 aromatic rings. The van der Waals surface area contributed by atoms with E-state index in [2.05, 4.69) is 59.8 Å². The second kappa shape index (κ2) is 9.45. The minimum absolute atomic E-state index is 0.195. The normalized spacial score (nSPS) is 35.5. The summed E-state index contributed by atoms with van der Waals surface area (Å²) in [6, 6.07) is 0. The zero-order chi connectivity index (χ0) is 21.1. The Hall–Kier alpha value is -0.640. The van der Waals surface area contributed by atoms with Gasteiger partial charge in [-0.05, 0) is 73.5 Å². The molecule has 2 aliphatic carbocycles. The smallest absolute Gasteiger partial charge is 0.0602 e. The quantitative estimate of drug-likeness (QED) is 0.554. The van der Waals surface area contributed by atoms with Crippen LogP contribution in [0.2, 0.25) is 0 Å². The largest absolute Gasteiger partial charge is 0.393 e.